The smallest absolute Gasteiger partial charge is 0.321 e. The summed E-state index contributed by atoms with van der Waals surface area (Å²) in [6.07, 6.45) is 2.07. The Morgan fingerprint density at radius 2 is 2.10 bits per heavy atom. The number of benzene rings is 1. The highest BCUT2D eigenvalue weighted by Gasteiger charge is 2.21. The van der Waals surface area contributed by atoms with Crippen LogP contribution >= 0.6 is 0 Å². The number of carbonyl (C=O) groups is 1. The minimum atomic E-state index is -0.115. The molecule has 1 aromatic carbocycles. The van der Waals surface area contributed by atoms with Gasteiger partial charge in [0.15, 0.2) is 0 Å². The van der Waals surface area contributed by atoms with Crippen LogP contribution in [0.3, 0.4) is 0 Å². The number of hydrogen-bond acceptors (Lipinski definition) is 3. The average Bonchev–Trinajstić information content (AvgIpc) is 2.48. The largest absolute Gasteiger partial charge is 0.495 e. The number of nitrogens with two attached hydrogens (primary N) is 1. The lowest BCUT2D eigenvalue weighted by Gasteiger charge is -2.30. The molecule has 1 saturated heterocycles. The SMILES string of the molecule is COc1cc(C(=N)N)ccc1NC(=O)N1CCC(C)CC1. The van der Waals surface area contributed by atoms with Gasteiger partial charge < -0.3 is 20.7 Å². The van der Waals surface area contributed by atoms with Crippen molar-refractivity contribution >= 4 is 17.6 Å². The van der Waals surface area contributed by atoms with Gasteiger partial charge in [-0.1, -0.05) is 6.92 Å². The molecule has 0 unspecified atom stereocenters. The lowest BCUT2D eigenvalue weighted by atomic mass is 10.00. The van der Waals surface area contributed by atoms with E-state index in [1.165, 1.54) is 7.11 Å². The van der Waals surface area contributed by atoms with Crippen molar-refractivity contribution in [2.45, 2.75) is 19.8 Å². The van der Waals surface area contributed by atoms with Crippen LogP contribution in [0.25, 0.3) is 0 Å². The summed E-state index contributed by atoms with van der Waals surface area (Å²) in [6.45, 7) is 3.76. The second-order valence-electron chi connectivity index (χ2n) is 5.43. The van der Waals surface area contributed by atoms with Crippen molar-refractivity contribution in [1.29, 1.82) is 5.41 Å². The fourth-order valence-corrected chi connectivity index (χ4v) is 2.37. The van der Waals surface area contributed by atoms with Gasteiger partial charge in [0.2, 0.25) is 0 Å². The van der Waals surface area contributed by atoms with Crippen LogP contribution in [0.2, 0.25) is 0 Å². The number of amides is 2. The van der Waals surface area contributed by atoms with E-state index >= 15 is 0 Å². The van der Waals surface area contributed by atoms with Crippen LogP contribution in [0.15, 0.2) is 18.2 Å². The Balaban J connectivity index is 2.08. The molecule has 0 aliphatic carbocycles. The zero-order valence-corrected chi connectivity index (χ0v) is 12.5. The van der Waals surface area contributed by atoms with E-state index < -0.39 is 0 Å². The lowest BCUT2D eigenvalue weighted by molar-refractivity contribution is 0.186. The number of piperidine rings is 1. The molecular weight excluding hydrogens is 268 g/mol. The summed E-state index contributed by atoms with van der Waals surface area (Å²) >= 11 is 0. The predicted molar refractivity (Wildman–Crippen MR) is 83.0 cm³/mol. The quantitative estimate of drug-likeness (QED) is 0.589. The van der Waals surface area contributed by atoms with E-state index in [1.807, 2.05) is 4.90 Å². The highest BCUT2D eigenvalue weighted by atomic mass is 16.5. The van der Waals surface area contributed by atoms with Crippen LogP contribution in [-0.2, 0) is 0 Å². The normalized spacial score (nSPS) is 15.6. The van der Waals surface area contributed by atoms with E-state index in [-0.39, 0.29) is 11.9 Å². The highest BCUT2D eigenvalue weighted by molar-refractivity contribution is 5.97. The standard InChI is InChI=1S/C15H22N4O2/c1-10-5-7-19(8-6-10)15(20)18-12-4-3-11(14(16)17)9-13(12)21-2/h3-4,9-10H,5-8H2,1-2H3,(H3,16,17)(H,18,20). The summed E-state index contributed by atoms with van der Waals surface area (Å²) in [4.78, 5) is 14.1. The molecular formula is C15H22N4O2. The molecule has 0 saturated carbocycles. The van der Waals surface area contributed by atoms with Gasteiger partial charge in [-0.15, -0.1) is 0 Å². The number of nitrogens with one attached hydrogen (secondary N) is 2. The number of hydrogen-bond donors (Lipinski definition) is 3. The first-order valence-corrected chi connectivity index (χ1v) is 7.09. The summed E-state index contributed by atoms with van der Waals surface area (Å²) < 4.78 is 5.26. The summed E-state index contributed by atoms with van der Waals surface area (Å²) in [5.74, 6) is 1.15. The zero-order chi connectivity index (χ0) is 15.4. The van der Waals surface area contributed by atoms with Crippen LogP contribution < -0.4 is 15.8 Å². The van der Waals surface area contributed by atoms with E-state index in [9.17, 15) is 4.79 Å². The van der Waals surface area contributed by atoms with Crippen LogP contribution in [-0.4, -0.2) is 37.0 Å². The third kappa shape index (κ3) is 3.65. The molecule has 4 N–H and O–H groups in total. The van der Waals surface area contributed by atoms with Crippen LogP contribution in [0.5, 0.6) is 5.75 Å². The molecule has 1 aliphatic heterocycles. The Hall–Kier alpha value is -2.24. The van der Waals surface area contributed by atoms with Crippen LogP contribution in [0, 0.1) is 11.3 Å². The number of methoxy groups -OCH3 is 1. The van der Waals surface area contributed by atoms with Gasteiger partial charge >= 0.3 is 6.03 Å². The molecule has 21 heavy (non-hydrogen) atoms. The predicted octanol–water partition coefficient (Wildman–Crippen LogP) is 2.24. The molecule has 2 rings (SSSR count). The Labute approximate surface area is 124 Å². The number of nitrogens with zero attached hydrogens (tertiary/aromatic N) is 1. The number of carbonyl (C=O) groups excluding carboxylic acids is 1. The van der Waals surface area contributed by atoms with Crippen molar-refractivity contribution < 1.29 is 9.53 Å². The fourth-order valence-electron chi connectivity index (χ4n) is 2.37. The number of likely N-dealkylation sites (tertiary alicyclic amines) is 1. The van der Waals surface area contributed by atoms with Gasteiger partial charge in [-0.3, -0.25) is 5.41 Å². The van der Waals surface area contributed by atoms with Crippen LogP contribution in [0.4, 0.5) is 10.5 Å². The highest BCUT2D eigenvalue weighted by Crippen LogP contribution is 2.26. The third-order valence-corrected chi connectivity index (χ3v) is 3.82. The number of rotatable bonds is 3. The van der Waals surface area contributed by atoms with Crippen LogP contribution in [0.1, 0.15) is 25.3 Å². The number of ether oxygens (including phenoxy) is 1. The second-order valence-corrected chi connectivity index (χ2v) is 5.43. The first-order chi connectivity index (χ1) is 10.0. The van der Waals surface area contributed by atoms with Crippen molar-refractivity contribution in [2.75, 3.05) is 25.5 Å². The minimum absolute atomic E-state index is 0.0313. The maximum Gasteiger partial charge on any atom is 0.321 e. The summed E-state index contributed by atoms with van der Waals surface area (Å²) in [5.41, 5.74) is 6.61. The molecule has 0 aromatic heterocycles. The van der Waals surface area contributed by atoms with Crippen molar-refractivity contribution in [3.8, 4) is 5.75 Å². The Morgan fingerprint density at radius 1 is 1.43 bits per heavy atom. The average molecular weight is 290 g/mol. The summed E-state index contributed by atoms with van der Waals surface area (Å²) in [5, 5.41) is 10.3. The molecule has 0 spiro atoms. The zero-order valence-electron chi connectivity index (χ0n) is 12.5. The molecule has 1 aliphatic rings. The maximum atomic E-state index is 12.3. The lowest BCUT2D eigenvalue weighted by Crippen LogP contribution is -2.40. The van der Waals surface area contributed by atoms with Gasteiger partial charge in [0.05, 0.1) is 12.8 Å². The summed E-state index contributed by atoms with van der Waals surface area (Å²) in [7, 11) is 1.53. The Kier molecular flexibility index (Phi) is 4.67. The van der Waals surface area contributed by atoms with E-state index in [2.05, 4.69) is 12.2 Å². The second kappa shape index (κ2) is 6.47. The van der Waals surface area contributed by atoms with E-state index in [4.69, 9.17) is 15.9 Å². The molecule has 6 heteroatoms. The number of urea groups is 1. The fraction of sp³-hybridized carbons (Fsp3) is 0.467. The molecule has 0 atom stereocenters. The first-order valence-electron chi connectivity index (χ1n) is 7.09. The van der Waals surface area contributed by atoms with E-state index in [0.29, 0.717) is 22.9 Å². The molecule has 0 radical (unpaired) electrons. The number of amidine groups is 1. The molecule has 1 fully saturated rings. The van der Waals surface area contributed by atoms with Crippen molar-refractivity contribution in [2.24, 2.45) is 11.7 Å². The molecule has 0 bridgehead atoms. The monoisotopic (exact) mass is 290 g/mol. The van der Waals surface area contributed by atoms with Crippen molar-refractivity contribution in [1.82, 2.24) is 4.90 Å². The Bertz CT molecular complexity index is 536. The van der Waals surface area contributed by atoms with Gasteiger partial charge in [0, 0.05) is 18.7 Å². The summed E-state index contributed by atoms with van der Waals surface area (Å²) in [6, 6.07) is 4.94. The van der Waals surface area contributed by atoms with Gasteiger partial charge in [0.25, 0.3) is 0 Å². The van der Waals surface area contributed by atoms with Gasteiger partial charge in [0.1, 0.15) is 11.6 Å². The van der Waals surface area contributed by atoms with Crippen molar-refractivity contribution in [3.05, 3.63) is 23.8 Å². The number of nitrogen functional groups attached to an aromatic ring is 1. The minimum Gasteiger partial charge on any atom is -0.495 e. The van der Waals surface area contributed by atoms with Crippen molar-refractivity contribution in [3.63, 3.8) is 0 Å². The number of anilines is 1. The molecule has 114 valence electrons. The van der Waals surface area contributed by atoms with E-state index in [0.717, 1.165) is 25.9 Å². The topological polar surface area (TPSA) is 91.4 Å². The molecule has 2 amide bonds. The molecule has 1 heterocycles. The molecule has 6 nitrogen and oxygen atoms in total. The van der Waals surface area contributed by atoms with Gasteiger partial charge in [-0.2, -0.15) is 0 Å². The first kappa shape index (κ1) is 15.2. The third-order valence-electron chi connectivity index (χ3n) is 3.82. The van der Waals surface area contributed by atoms with E-state index in [1.54, 1.807) is 18.2 Å². The van der Waals surface area contributed by atoms with Gasteiger partial charge in [-0.25, -0.2) is 4.79 Å². The van der Waals surface area contributed by atoms with Gasteiger partial charge in [-0.05, 0) is 37.0 Å². The molecule has 1 aromatic rings. The Morgan fingerprint density at radius 3 is 2.67 bits per heavy atom. The maximum absolute atomic E-state index is 12.3.